The Morgan fingerprint density at radius 1 is 1.21 bits per heavy atom. The normalized spacial score (nSPS) is 39.0. The molecule has 11 nitrogen and oxygen atoms in total. The summed E-state index contributed by atoms with van der Waals surface area (Å²) in [5.41, 5.74) is 0.00268. The number of carbonyl (C=O) groups is 4. The number of ether oxygens (including phenoxy) is 1. The summed E-state index contributed by atoms with van der Waals surface area (Å²) in [5.74, 6) is 0.247. The van der Waals surface area contributed by atoms with Crippen LogP contribution in [0.1, 0.15) is 52.9 Å². The van der Waals surface area contributed by atoms with E-state index >= 15 is 0 Å². The number of likely N-dealkylation sites (tertiary alicyclic amines) is 1. The highest BCUT2D eigenvalue weighted by molar-refractivity contribution is 6.48. The van der Waals surface area contributed by atoms with Crippen molar-refractivity contribution in [2.24, 2.45) is 17.3 Å². The Labute approximate surface area is 223 Å². The lowest BCUT2D eigenvalue weighted by Gasteiger charge is -2.63. The monoisotopic (exact) mass is 528 g/mol. The summed E-state index contributed by atoms with van der Waals surface area (Å²) in [4.78, 5) is 51.9. The zero-order chi connectivity index (χ0) is 26.8. The van der Waals surface area contributed by atoms with E-state index in [0.29, 0.717) is 31.3 Å². The second kappa shape index (κ2) is 9.34. The SMILES string of the molecule is CC12CC3CC(C1OB([C@@H]1CCCN1C(=O)[C@@H]1C[C@@H](NC(=O)OCCN4C(=O)C=CC4=O)CN1)O2)C3(C)C. The molecule has 2 bridgehead atoms. The van der Waals surface area contributed by atoms with Gasteiger partial charge in [-0.15, -0.1) is 0 Å². The van der Waals surface area contributed by atoms with Gasteiger partial charge in [0.15, 0.2) is 0 Å². The minimum Gasteiger partial charge on any atom is -0.448 e. The molecule has 6 fully saturated rings. The first kappa shape index (κ1) is 25.8. The van der Waals surface area contributed by atoms with E-state index in [9.17, 15) is 19.2 Å². The number of alkyl carbamates (subject to hydrolysis) is 1. The average molecular weight is 528 g/mol. The highest BCUT2D eigenvalue weighted by atomic mass is 16.7. The van der Waals surface area contributed by atoms with Crippen LogP contribution in [-0.2, 0) is 28.4 Å². The fraction of sp³-hybridized carbons (Fsp3) is 0.769. The molecular weight excluding hydrogens is 491 g/mol. The molecule has 2 N–H and O–H groups in total. The highest BCUT2D eigenvalue weighted by Crippen LogP contribution is 2.64. The maximum absolute atomic E-state index is 13.5. The van der Waals surface area contributed by atoms with E-state index < -0.39 is 31.1 Å². The quantitative estimate of drug-likeness (QED) is 0.380. The molecule has 7 rings (SSSR count). The van der Waals surface area contributed by atoms with Crippen LogP contribution < -0.4 is 10.6 Å². The summed E-state index contributed by atoms with van der Waals surface area (Å²) in [5, 5.41) is 6.02. The molecule has 4 aliphatic heterocycles. The number of nitrogens with zero attached hydrogens (tertiary/aromatic N) is 2. The van der Waals surface area contributed by atoms with Gasteiger partial charge in [-0.3, -0.25) is 19.3 Å². The molecule has 0 aromatic carbocycles. The van der Waals surface area contributed by atoms with Crippen molar-refractivity contribution >= 4 is 30.9 Å². The summed E-state index contributed by atoms with van der Waals surface area (Å²) in [6.45, 7) is 7.89. The van der Waals surface area contributed by atoms with Gasteiger partial charge in [-0.25, -0.2) is 4.79 Å². The molecule has 4 unspecified atom stereocenters. The molecule has 3 aliphatic carbocycles. The van der Waals surface area contributed by atoms with Crippen LogP contribution in [-0.4, -0.2) is 96.7 Å². The van der Waals surface area contributed by atoms with Gasteiger partial charge < -0.3 is 29.6 Å². The first-order valence-corrected chi connectivity index (χ1v) is 13.9. The lowest BCUT2D eigenvalue weighted by atomic mass is 9.45. The third-order valence-corrected chi connectivity index (χ3v) is 9.93. The Balaban J connectivity index is 0.990. The van der Waals surface area contributed by atoms with E-state index in [2.05, 4.69) is 31.4 Å². The lowest BCUT2D eigenvalue weighted by Crippen LogP contribution is -2.63. The summed E-state index contributed by atoms with van der Waals surface area (Å²) in [6, 6.07) is -0.665. The number of hydrogen-bond donors (Lipinski definition) is 2. The van der Waals surface area contributed by atoms with Crippen LogP contribution >= 0.6 is 0 Å². The largest absolute Gasteiger partial charge is 0.481 e. The Hall–Kier alpha value is -2.44. The highest BCUT2D eigenvalue weighted by Gasteiger charge is 2.68. The maximum atomic E-state index is 13.5. The van der Waals surface area contributed by atoms with E-state index in [0.717, 1.165) is 24.2 Å². The van der Waals surface area contributed by atoms with Crippen molar-refractivity contribution in [3.63, 3.8) is 0 Å². The van der Waals surface area contributed by atoms with Crippen molar-refractivity contribution in [2.75, 3.05) is 26.2 Å². The second-order valence-electron chi connectivity index (χ2n) is 12.5. The van der Waals surface area contributed by atoms with Gasteiger partial charge in [0.1, 0.15) is 6.61 Å². The van der Waals surface area contributed by atoms with Crippen molar-refractivity contribution in [1.29, 1.82) is 0 Å². The smallest absolute Gasteiger partial charge is 0.448 e. The van der Waals surface area contributed by atoms with Crippen LogP contribution in [0.15, 0.2) is 12.2 Å². The van der Waals surface area contributed by atoms with Gasteiger partial charge in [0, 0.05) is 31.3 Å². The number of rotatable bonds is 6. The molecule has 3 saturated carbocycles. The van der Waals surface area contributed by atoms with Gasteiger partial charge in [-0.2, -0.15) is 0 Å². The molecule has 12 heteroatoms. The molecule has 0 aromatic rings. The average Bonchev–Trinajstić information content (AvgIpc) is 3.65. The molecule has 38 heavy (non-hydrogen) atoms. The van der Waals surface area contributed by atoms with Crippen LogP contribution in [0.3, 0.4) is 0 Å². The van der Waals surface area contributed by atoms with Crippen LogP contribution in [0.5, 0.6) is 0 Å². The fourth-order valence-electron chi connectivity index (χ4n) is 7.58. The molecule has 7 atom stereocenters. The van der Waals surface area contributed by atoms with E-state index in [1.807, 2.05) is 4.90 Å². The predicted molar refractivity (Wildman–Crippen MR) is 135 cm³/mol. The van der Waals surface area contributed by atoms with Gasteiger partial charge >= 0.3 is 13.2 Å². The molecule has 0 radical (unpaired) electrons. The van der Waals surface area contributed by atoms with Crippen molar-refractivity contribution in [2.45, 2.75) is 82.6 Å². The third-order valence-electron chi connectivity index (χ3n) is 9.93. The van der Waals surface area contributed by atoms with E-state index in [1.54, 1.807) is 0 Å². The molecule has 7 aliphatic rings. The first-order chi connectivity index (χ1) is 18.1. The van der Waals surface area contributed by atoms with Gasteiger partial charge in [0.25, 0.3) is 11.8 Å². The first-order valence-electron chi connectivity index (χ1n) is 13.9. The van der Waals surface area contributed by atoms with Crippen LogP contribution in [0.2, 0.25) is 0 Å². The number of imide groups is 1. The van der Waals surface area contributed by atoms with E-state index in [1.165, 1.54) is 18.6 Å². The van der Waals surface area contributed by atoms with E-state index in [-0.39, 0.29) is 48.2 Å². The Morgan fingerprint density at radius 3 is 2.71 bits per heavy atom. The van der Waals surface area contributed by atoms with Gasteiger partial charge in [0.05, 0.1) is 30.2 Å². The fourth-order valence-corrected chi connectivity index (χ4v) is 7.58. The van der Waals surface area contributed by atoms with Gasteiger partial charge in [0.2, 0.25) is 5.91 Å². The number of carbonyl (C=O) groups excluding carboxylic acids is 4. The Kier molecular flexibility index (Phi) is 6.35. The van der Waals surface area contributed by atoms with Gasteiger partial charge in [-0.1, -0.05) is 13.8 Å². The molecular formula is C26H37BN4O7. The topological polar surface area (TPSA) is 127 Å². The molecule has 0 aromatic heterocycles. The molecule has 3 saturated heterocycles. The van der Waals surface area contributed by atoms with Gasteiger partial charge in [-0.05, 0) is 56.3 Å². The standard InChI is InChI=1S/C26H37BN4O7/c1-25(2)15-11-17(25)22-26(3,13-15)38-27(37-22)19-5-4-8-30(19)23(34)18-12-16(14-28-18)29-24(35)36-10-9-31-20(32)6-7-21(31)33/h6-7,15-19,22,28H,4-5,8-14H2,1-3H3,(H,29,35)/t15?,16-,17?,18+,19+,22?,26?/m1/s1. The predicted octanol–water partition coefficient (Wildman–Crippen LogP) is 0.627. The van der Waals surface area contributed by atoms with Crippen molar-refractivity contribution in [3.05, 3.63) is 12.2 Å². The Bertz CT molecular complexity index is 1050. The Morgan fingerprint density at radius 2 is 1.97 bits per heavy atom. The van der Waals surface area contributed by atoms with Crippen LogP contribution in [0, 0.1) is 17.3 Å². The minimum absolute atomic E-state index is 0.00255. The van der Waals surface area contributed by atoms with Crippen LogP contribution in [0.25, 0.3) is 0 Å². The second-order valence-corrected chi connectivity index (χ2v) is 12.5. The molecule has 0 spiro atoms. The molecule has 4 amide bonds. The summed E-state index contributed by atoms with van der Waals surface area (Å²) >= 11 is 0. The summed E-state index contributed by atoms with van der Waals surface area (Å²) in [7, 11) is -0.401. The number of hydrogen-bond acceptors (Lipinski definition) is 8. The number of amides is 4. The summed E-state index contributed by atoms with van der Waals surface area (Å²) < 4.78 is 18.3. The van der Waals surface area contributed by atoms with Crippen molar-refractivity contribution < 1.29 is 33.2 Å². The molecule has 206 valence electrons. The minimum atomic E-state index is -0.638. The third kappa shape index (κ3) is 4.25. The number of nitrogens with one attached hydrogen (secondary N) is 2. The zero-order valence-electron chi connectivity index (χ0n) is 22.3. The zero-order valence-corrected chi connectivity index (χ0v) is 22.3. The lowest BCUT2D eigenvalue weighted by molar-refractivity contribution is -0.185. The maximum Gasteiger partial charge on any atom is 0.481 e. The van der Waals surface area contributed by atoms with Crippen molar-refractivity contribution in [1.82, 2.24) is 20.4 Å². The van der Waals surface area contributed by atoms with Crippen molar-refractivity contribution in [3.8, 4) is 0 Å². The van der Waals surface area contributed by atoms with E-state index in [4.69, 9.17) is 14.0 Å². The van der Waals surface area contributed by atoms with Crippen LogP contribution in [0.4, 0.5) is 4.79 Å². The summed E-state index contributed by atoms with van der Waals surface area (Å²) in [6.07, 6.45) is 6.25. The molecule has 4 heterocycles.